The molecule has 2 rings (SSSR count). The van der Waals surface area contributed by atoms with Crippen LogP contribution in [0.2, 0.25) is 0 Å². The quantitative estimate of drug-likeness (QED) is 0.732. The fraction of sp³-hybridized carbons (Fsp3) is 0.882. The van der Waals surface area contributed by atoms with Crippen LogP contribution < -0.4 is 0 Å². The Morgan fingerprint density at radius 2 is 1.83 bits per heavy atom. The van der Waals surface area contributed by atoms with Crippen molar-refractivity contribution in [2.75, 3.05) is 39.4 Å². The van der Waals surface area contributed by atoms with E-state index in [1.807, 2.05) is 25.7 Å². The fourth-order valence-corrected chi connectivity index (χ4v) is 3.16. The lowest BCUT2D eigenvalue weighted by molar-refractivity contribution is -0.156. The topological polar surface area (TPSA) is 59.1 Å². The second kappa shape index (κ2) is 8.11. The first-order chi connectivity index (χ1) is 10.9. The van der Waals surface area contributed by atoms with Gasteiger partial charge in [0.1, 0.15) is 5.60 Å². The van der Waals surface area contributed by atoms with E-state index in [1.54, 1.807) is 0 Å². The zero-order valence-corrected chi connectivity index (χ0v) is 14.7. The van der Waals surface area contributed by atoms with Crippen molar-refractivity contribution in [3.63, 3.8) is 0 Å². The first kappa shape index (κ1) is 18.2. The Labute approximate surface area is 139 Å². The molecule has 2 saturated heterocycles. The summed E-state index contributed by atoms with van der Waals surface area (Å²) in [5.41, 5.74) is -0.456. The van der Waals surface area contributed by atoms with Crippen LogP contribution in [0.25, 0.3) is 0 Å². The number of nitrogens with zero attached hydrogens (tertiary/aromatic N) is 2. The Balaban J connectivity index is 1.87. The van der Waals surface area contributed by atoms with Gasteiger partial charge in [0.05, 0.1) is 25.7 Å². The molecule has 1 amide bonds. The average molecular weight is 326 g/mol. The molecule has 2 heterocycles. The molecule has 0 spiro atoms. The molecule has 0 aromatic carbocycles. The number of hydrogen-bond donors (Lipinski definition) is 0. The van der Waals surface area contributed by atoms with Gasteiger partial charge < -0.3 is 14.4 Å². The fourth-order valence-electron chi connectivity index (χ4n) is 3.16. The van der Waals surface area contributed by atoms with Crippen LogP contribution >= 0.6 is 0 Å². The van der Waals surface area contributed by atoms with E-state index in [2.05, 4.69) is 4.90 Å². The number of amides is 1. The summed E-state index contributed by atoms with van der Waals surface area (Å²) in [4.78, 5) is 28.7. The molecule has 2 fully saturated rings. The predicted octanol–water partition coefficient (Wildman–Crippen LogP) is 1.43. The van der Waals surface area contributed by atoms with E-state index >= 15 is 0 Å². The first-order valence-electron chi connectivity index (χ1n) is 8.69. The highest BCUT2D eigenvalue weighted by atomic mass is 16.6. The number of ether oxygens (including phenoxy) is 2. The van der Waals surface area contributed by atoms with Crippen molar-refractivity contribution < 1.29 is 19.1 Å². The van der Waals surface area contributed by atoms with Gasteiger partial charge in [-0.2, -0.15) is 0 Å². The molecule has 23 heavy (non-hydrogen) atoms. The highest BCUT2D eigenvalue weighted by Crippen LogP contribution is 2.20. The van der Waals surface area contributed by atoms with Crippen molar-refractivity contribution in [1.82, 2.24) is 9.80 Å². The van der Waals surface area contributed by atoms with E-state index in [1.165, 1.54) is 0 Å². The highest BCUT2D eigenvalue weighted by Gasteiger charge is 2.32. The van der Waals surface area contributed by atoms with Crippen LogP contribution in [-0.2, 0) is 19.1 Å². The van der Waals surface area contributed by atoms with Crippen molar-refractivity contribution in [2.45, 2.75) is 58.1 Å². The Morgan fingerprint density at radius 3 is 2.48 bits per heavy atom. The van der Waals surface area contributed by atoms with Gasteiger partial charge in [0.15, 0.2) is 0 Å². The molecule has 0 saturated carbocycles. The molecule has 0 aromatic heterocycles. The Hall–Kier alpha value is -1.14. The molecule has 0 aliphatic carbocycles. The molecule has 0 unspecified atom stereocenters. The van der Waals surface area contributed by atoms with Crippen LogP contribution in [0.15, 0.2) is 0 Å². The number of hydrogen-bond acceptors (Lipinski definition) is 5. The first-order valence-corrected chi connectivity index (χ1v) is 8.69. The van der Waals surface area contributed by atoms with E-state index in [0.717, 1.165) is 25.8 Å². The van der Waals surface area contributed by atoms with Crippen molar-refractivity contribution in [3.8, 4) is 0 Å². The maximum atomic E-state index is 12.7. The maximum absolute atomic E-state index is 12.7. The molecule has 0 N–H and O–H groups in total. The summed E-state index contributed by atoms with van der Waals surface area (Å²) in [6, 6.07) is -0.0933. The van der Waals surface area contributed by atoms with Crippen LogP contribution in [0.3, 0.4) is 0 Å². The van der Waals surface area contributed by atoms with Crippen LogP contribution in [0.4, 0.5) is 0 Å². The molecule has 0 radical (unpaired) electrons. The van der Waals surface area contributed by atoms with E-state index in [0.29, 0.717) is 39.3 Å². The van der Waals surface area contributed by atoms with Crippen LogP contribution in [0, 0.1) is 0 Å². The van der Waals surface area contributed by atoms with Gasteiger partial charge in [-0.3, -0.25) is 14.5 Å². The number of piperidine rings is 1. The molecule has 0 bridgehead atoms. The smallest absolute Gasteiger partial charge is 0.307 e. The summed E-state index contributed by atoms with van der Waals surface area (Å²) < 4.78 is 10.7. The predicted molar refractivity (Wildman–Crippen MR) is 87.1 cm³/mol. The summed E-state index contributed by atoms with van der Waals surface area (Å²) in [5, 5.41) is 0. The molecule has 0 aromatic rings. The molecule has 6 heteroatoms. The third kappa shape index (κ3) is 5.77. The van der Waals surface area contributed by atoms with Gasteiger partial charge in [-0.15, -0.1) is 0 Å². The molecular formula is C17H30N2O4. The van der Waals surface area contributed by atoms with Crippen LogP contribution in [0.1, 0.15) is 46.5 Å². The lowest BCUT2D eigenvalue weighted by Gasteiger charge is -2.38. The average Bonchev–Trinajstić information content (AvgIpc) is 2.52. The lowest BCUT2D eigenvalue weighted by Crippen LogP contribution is -2.53. The normalized spacial score (nSPS) is 23.6. The van der Waals surface area contributed by atoms with Gasteiger partial charge in [0, 0.05) is 19.6 Å². The minimum Gasteiger partial charge on any atom is -0.460 e. The Morgan fingerprint density at radius 1 is 1.13 bits per heavy atom. The number of esters is 1. The molecular weight excluding hydrogens is 296 g/mol. The molecule has 132 valence electrons. The third-order valence-electron chi connectivity index (χ3n) is 4.24. The molecule has 6 nitrogen and oxygen atoms in total. The zero-order chi connectivity index (χ0) is 16.9. The summed E-state index contributed by atoms with van der Waals surface area (Å²) >= 11 is 0. The largest absolute Gasteiger partial charge is 0.460 e. The van der Waals surface area contributed by atoms with Crippen molar-refractivity contribution in [1.29, 1.82) is 0 Å². The van der Waals surface area contributed by atoms with E-state index < -0.39 is 5.60 Å². The van der Waals surface area contributed by atoms with E-state index in [-0.39, 0.29) is 17.9 Å². The number of likely N-dealkylation sites (tertiary alicyclic amines) is 1. The number of carbonyl (C=O) groups is 2. The highest BCUT2D eigenvalue weighted by molar-refractivity contribution is 5.82. The Kier molecular flexibility index (Phi) is 6.41. The number of carbonyl (C=O) groups excluding carboxylic acids is 2. The van der Waals surface area contributed by atoms with Gasteiger partial charge >= 0.3 is 5.97 Å². The van der Waals surface area contributed by atoms with Gasteiger partial charge in [0.25, 0.3) is 0 Å². The van der Waals surface area contributed by atoms with Gasteiger partial charge in [-0.1, -0.05) is 6.42 Å². The summed E-state index contributed by atoms with van der Waals surface area (Å²) in [6.45, 7) is 9.68. The van der Waals surface area contributed by atoms with Crippen molar-refractivity contribution in [3.05, 3.63) is 0 Å². The number of morpholine rings is 1. The minimum atomic E-state index is -0.456. The Bertz CT molecular complexity index is 413. The third-order valence-corrected chi connectivity index (χ3v) is 4.24. The van der Waals surface area contributed by atoms with Crippen LogP contribution in [-0.4, -0.2) is 72.7 Å². The van der Waals surface area contributed by atoms with Crippen molar-refractivity contribution >= 4 is 11.9 Å². The maximum Gasteiger partial charge on any atom is 0.307 e. The molecule has 1 atom stereocenters. The minimum absolute atomic E-state index is 0.0933. The monoisotopic (exact) mass is 326 g/mol. The van der Waals surface area contributed by atoms with Gasteiger partial charge in [-0.05, 0) is 40.2 Å². The second-order valence-electron chi connectivity index (χ2n) is 7.32. The standard InChI is InChI=1S/C17H30N2O4/c1-17(2,3)23-15(20)7-9-18-8-5-4-6-14(18)16(21)19-10-12-22-13-11-19/h14H,4-13H2,1-3H3/t14-/m1/s1. The second-order valence-corrected chi connectivity index (χ2v) is 7.32. The lowest BCUT2D eigenvalue weighted by atomic mass is 10.0. The zero-order valence-electron chi connectivity index (χ0n) is 14.7. The number of rotatable bonds is 4. The summed E-state index contributed by atoms with van der Waals surface area (Å²) in [7, 11) is 0. The summed E-state index contributed by atoms with van der Waals surface area (Å²) in [5.74, 6) is -0.00201. The van der Waals surface area contributed by atoms with Gasteiger partial charge in [-0.25, -0.2) is 0 Å². The molecule has 2 aliphatic heterocycles. The van der Waals surface area contributed by atoms with E-state index in [4.69, 9.17) is 9.47 Å². The summed E-state index contributed by atoms with van der Waals surface area (Å²) in [6.07, 6.45) is 3.37. The van der Waals surface area contributed by atoms with Crippen LogP contribution in [0.5, 0.6) is 0 Å². The molecule has 2 aliphatic rings. The van der Waals surface area contributed by atoms with E-state index in [9.17, 15) is 9.59 Å². The SMILES string of the molecule is CC(C)(C)OC(=O)CCN1CCCC[C@@H]1C(=O)N1CCOCC1. The van der Waals surface area contributed by atoms with Gasteiger partial charge in [0.2, 0.25) is 5.91 Å². The van der Waals surface area contributed by atoms with Crippen molar-refractivity contribution in [2.24, 2.45) is 0 Å².